The number of carbonyl (C=O) groups is 4. The van der Waals surface area contributed by atoms with Crippen molar-refractivity contribution in [2.24, 2.45) is 0 Å². The van der Waals surface area contributed by atoms with Crippen molar-refractivity contribution < 1.29 is 33.4 Å². The molecule has 7 nitrogen and oxygen atoms in total. The van der Waals surface area contributed by atoms with Gasteiger partial charge in [-0.05, 0) is 36.5 Å². The largest absolute Gasteiger partial charge is 0.459 e. The third-order valence-electron chi connectivity index (χ3n) is 3.41. The second kappa shape index (κ2) is 10.9. The molecule has 1 rings (SSSR count). The zero-order chi connectivity index (χ0) is 19.7. The number of hydrogen-bond acceptors (Lipinski definition) is 7. The maximum Gasteiger partial charge on any atom is 0.331 e. The molecule has 1 aliphatic rings. The van der Waals surface area contributed by atoms with Gasteiger partial charge in [-0.15, -0.1) is 0 Å². The van der Waals surface area contributed by atoms with E-state index in [1.54, 1.807) is 17.9 Å². The predicted molar refractivity (Wildman–Crippen MR) is 101 cm³/mol. The number of carbonyl (C=O) groups excluding carboxylic acids is 4. The van der Waals surface area contributed by atoms with E-state index in [0.717, 1.165) is 17.7 Å². The zero-order valence-corrected chi connectivity index (χ0v) is 16.9. The first-order valence-corrected chi connectivity index (χ1v) is 9.23. The van der Waals surface area contributed by atoms with Crippen LogP contribution in [0.1, 0.15) is 33.6 Å². The lowest BCUT2D eigenvalue weighted by atomic mass is 10.1. The fraction of sp³-hybridized carbons (Fsp3) is 0.444. The molecule has 0 aliphatic carbocycles. The fourth-order valence-electron chi connectivity index (χ4n) is 1.96. The SMILES string of the molecule is C/C(=C\I)C1C/C=C/C(=O)O[C@@H](C)C(=O)/C=C/C(=O)O[C@@H](C)CC(=O)O1. The lowest BCUT2D eigenvalue weighted by Gasteiger charge is -2.19. The summed E-state index contributed by atoms with van der Waals surface area (Å²) in [6, 6.07) is 0. The second-order valence-corrected chi connectivity index (χ2v) is 6.36. The Labute approximate surface area is 165 Å². The van der Waals surface area contributed by atoms with E-state index in [1.165, 1.54) is 19.1 Å². The average Bonchev–Trinajstić information content (AvgIpc) is 2.56. The van der Waals surface area contributed by atoms with Crippen LogP contribution in [0.25, 0.3) is 0 Å². The number of esters is 3. The van der Waals surface area contributed by atoms with E-state index >= 15 is 0 Å². The number of halogens is 1. The van der Waals surface area contributed by atoms with Gasteiger partial charge in [0, 0.05) is 18.6 Å². The van der Waals surface area contributed by atoms with Crippen molar-refractivity contribution in [3.8, 4) is 0 Å². The molecule has 8 heteroatoms. The third kappa shape index (κ3) is 7.94. The van der Waals surface area contributed by atoms with Gasteiger partial charge in [-0.25, -0.2) is 9.59 Å². The van der Waals surface area contributed by atoms with Crippen LogP contribution in [-0.4, -0.2) is 42.0 Å². The molecule has 1 unspecified atom stereocenters. The lowest BCUT2D eigenvalue weighted by Crippen LogP contribution is -2.25. The summed E-state index contributed by atoms with van der Waals surface area (Å²) in [6.45, 7) is 4.76. The van der Waals surface area contributed by atoms with E-state index in [1.807, 2.05) is 22.6 Å². The summed E-state index contributed by atoms with van der Waals surface area (Å²) < 4.78 is 17.2. The fourth-order valence-corrected chi connectivity index (χ4v) is 2.36. The molecule has 0 aromatic carbocycles. The molecule has 1 heterocycles. The highest BCUT2D eigenvalue weighted by molar-refractivity contribution is 14.1. The van der Waals surface area contributed by atoms with Crippen LogP contribution in [0.3, 0.4) is 0 Å². The first-order valence-electron chi connectivity index (χ1n) is 7.99. The number of ketones is 1. The molecule has 0 saturated heterocycles. The van der Waals surface area contributed by atoms with Crippen LogP contribution in [0.15, 0.2) is 34.0 Å². The smallest absolute Gasteiger partial charge is 0.331 e. The van der Waals surface area contributed by atoms with E-state index in [2.05, 4.69) is 0 Å². The highest BCUT2D eigenvalue weighted by Gasteiger charge is 2.20. The quantitative estimate of drug-likeness (QED) is 0.326. The van der Waals surface area contributed by atoms with Crippen LogP contribution >= 0.6 is 22.6 Å². The van der Waals surface area contributed by atoms with E-state index in [9.17, 15) is 19.2 Å². The van der Waals surface area contributed by atoms with E-state index < -0.39 is 42.0 Å². The van der Waals surface area contributed by atoms with E-state index in [0.29, 0.717) is 0 Å². The van der Waals surface area contributed by atoms with Crippen LogP contribution in [-0.2, 0) is 33.4 Å². The van der Waals surface area contributed by atoms with Gasteiger partial charge in [0.25, 0.3) is 0 Å². The second-order valence-electron chi connectivity index (χ2n) is 5.74. The van der Waals surface area contributed by atoms with Gasteiger partial charge in [0.2, 0.25) is 0 Å². The molecule has 26 heavy (non-hydrogen) atoms. The molecule has 0 N–H and O–H groups in total. The molecule has 3 atom stereocenters. The number of cyclic esters (lactones) is 3. The van der Waals surface area contributed by atoms with Crippen LogP contribution in [0.2, 0.25) is 0 Å². The minimum absolute atomic E-state index is 0.124. The lowest BCUT2D eigenvalue weighted by molar-refractivity contribution is -0.153. The van der Waals surface area contributed by atoms with Crippen molar-refractivity contribution in [2.45, 2.75) is 51.9 Å². The van der Waals surface area contributed by atoms with Crippen molar-refractivity contribution in [1.29, 1.82) is 0 Å². The van der Waals surface area contributed by atoms with Gasteiger partial charge in [-0.3, -0.25) is 9.59 Å². The van der Waals surface area contributed by atoms with Crippen molar-refractivity contribution in [2.75, 3.05) is 0 Å². The minimum Gasteiger partial charge on any atom is -0.459 e. The molecule has 0 bridgehead atoms. The molecular formula is C18H21IO7. The molecular weight excluding hydrogens is 455 g/mol. The molecule has 0 aromatic rings. The van der Waals surface area contributed by atoms with Crippen LogP contribution in [0.5, 0.6) is 0 Å². The van der Waals surface area contributed by atoms with Gasteiger partial charge in [0.15, 0.2) is 11.9 Å². The molecule has 1 aliphatic heterocycles. The number of rotatable bonds is 1. The van der Waals surface area contributed by atoms with E-state index in [-0.39, 0.29) is 12.8 Å². The van der Waals surface area contributed by atoms with Crippen LogP contribution in [0.4, 0.5) is 0 Å². The number of ether oxygens (including phenoxy) is 3. The maximum atomic E-state index is 12.1. The number of hydrogen-bond donors (Lipinski definition) is 0. The van der Waals surface area contributed by atoms with Crippen molar-refractivity contribution in [3.05, 3.63) is 34.0 Å². The van der Waals surface area contributed by atoms with E-state index in [4.69, 9.17) is 14.2 Å². The summed E-state index contributed by atoms with van der Waals surface area (Å²) in [4.78, 5) is 47.3. The molecule has 142 valence electrons. The Bertz CT molecular complexity index is 648. The van der Waals surface area contributed by atoms with Crippen LogP contribution in [0, 0.1) is 0 Å². The average molecular weight is 476 g/mol. The Morgan fingerprint density at radius 1 is 1.04 bits per heavy atom. The monoisotopic (exact) mass is 476 g/mol. The highest BCUT2D eigenvalue weighted by Crippen LogP contribution is 2.16. The van der Waals surface area contributed by atoms with Gasteiger partial charge in [-0.2, -0.15) is 0 Å². The normalized spacial score (nSPS) is 29.4. The van der Waals surface area contributed by atoms with Gasteiger partial charge in [0.1, 0.15) is 12.2 Å². The highest BCUT2D eigenvalue weighted by atomic mass is 127. The first kappa shape index (κ1) is 22.1. The Kier molecular flexibility index (Phi) is 9.25. The standard InChI is InChI=1S/C18H21IO7/c1-11(10-19)15-5-4-6-16(21)25-13(3)14(20)7-8-17(22)24-12(2)9-18(23)26-15/h4,6-8,10,12-13,15H,5,9H2,1-3H3/b6-4+,8-7+,11-10+/t12-,13-,15?/m0/s1. The van der Waals surface area contributed by atoms with Crippen molar-refractivity contribution >= 4 is 46.3 Å². The van der Waals surface area contributed by atoms with Gasteiger partial charge < -0.3 is 14.2 Å². The summed E-state index contributed by atoms with van der Waals surface area (Å²) in [7, 11) is 0. The van der Waals surface area contributed by atoms with Gasteiger partial charge in [0.05, 0.1) is 6.42 Å². The van der Waals surface area contributed by atoms with Crippen molar-refractivity contribution in [3.63, 3.8) is 0 Å². The Morgan fingerprint density at radius 3 is 2.35 bits per heavy atom. The minimum atomic E-state index is -1.04. The summed E-state index contributed by atoms with van der Waals surface area (Å²) in [6.07, 6.45) is 2.45. The molecule has 0 radical (unpaired) electrons. The predicted octanol–water partition coefficient (Wildman–Crippen LogP) is 2.58. The molecule has 0 saturated carbocycles. The van der Waals surface area contributed by atoms with Gasteiger partial charge in [-0.1, -0.05) is 28.7 Å². The molecule has 0 aromatic heterocycles. The summed E-state index contributed by atoms with van der Waals surface area (Å²) in [5.74, 6) is -2.57. The Morgan fingerprint density at radius 2 is 1.69 bits per heavy atom. The summed E-state index contributed by atoms with van der Waals surface area (Å²) in [5, 5.41) is 0. The third-order valence-corrected chi connectivity index (χ3v) is 4.39. The zero-order valence-electron chi connectivity index (χ0n) is 14.8. The molecule has 0 amide bonds. The molecule has 0 fully saturated rings. The topological polar surface area (TPSA) is 96.0 Å². The first-order chi connectivity index (χ1) is 12.2. The summed E-state index contributed by atoms with van der Waals surface area (Å²) >= 11 is 2.03. The maximum absolute atomic E-state index is 12.1. The van der Waals surface area contributed by atoms with Crippen molar-refractivity contribution in [1.82, 2.24) is 0 Å². The Balaban J connectivity index is 3.00. The summed E-state index contributed by atoms with van der Waals surface area (Å²) in [5.41, 5.74) is 0.800. The van der Waals surface area contributed by atoms with Gasteiger partial charge >= 0.3 is 17.9 Å². The molecule has 0 spiro atoms. The van der Waals surface area contributed by atoms with Crippen LogP contribution < -0.4 is 0 Å². The Hall–Kier alpha value is -1.97.